The van der Waals surface area contributed by atoms with Crippen molar-refractivity contribution in [3.05, 3.63) is 71.7 Å². The summed E-state index contributed by atoms with van der Waals surface area (Å²) in [6.07, 6.45) is 4.63. The summed E-state index contributed by atoms with van der Waals surface area (Å²) in [6, 6.07) is 5.65. The Bertz CT molecular complexity index is 1560. The molecule has 1 amide bonds. The Kier molecular flexibility index (Phi) is 5.08. The van der Waals surface area contributed by atoms with Crippen molar-refractivity contribution in [2.24, 2.45) is 0 Å². The number of rotatable bonds is 4. The van der Waals surface area contributed by atoms with Crippen LogP contribution in [0.5, 0.6) is 5.75 Å². The molecule has 3 aromatic heterocycles. The van der Waals surface area contributed by atoms with Crippen LogP contribution in [0.2, 0.25) is 0 Å². The molecule has 2 aliphatic rings. The van der Waals surface area contributed by atoms with Crippen LogP contribution in [0.1, 0.15) is 37.0 Å². The average molecular weight is 507 g/mol. The number of halogens is 2. The van der Waals surface area contributed by atoms with E-state index < -0.39 is 22.8 Å². The molecule has 11 heteroatoms. The van der Waals surface area contributed by atoms with E-state index in [1.165, 1.54) is 35.5 Å². The zero-order valence-electron chi connectivity index (χ0n) is 20.1. The highest BCUT2D eigenvalue weighted by Gasteiger charge is 2.53. The fourth-order valence-corrected chi connectivity index (χ4v) is 5.23. The molecule has 190 valence electrons. The highest BCUT2D eigenvalue weighted by molar-refractivity contribution is 5.97. The van der Waals surface area contributed by atoms with E-state index >= 15 is 4.39 Å². The Morgan fingerprint density at radius 2 is 1.86 bits per heavy atom. The fraction of sp³-hybridized carbons (Fsp3) is 0.308. The van der Waals surface area contributed by atoms with Gasteiger partial charge in [0.05, 0.1) is 29.2 Å². The lowest BCUT2D eigenvalue weighted by Gasteiger charge is -2.46. The molecule has 2 N–H and O–H groups in total. The van der Waals surface area contributed by atoms with Gasteiger partial charge in [-0.3, -0.25) is 9.69 Å². The van der Waals surface area contributed by atoms with E-state index in [1.807, 2.05) is 0 Å². The summed E-state index contributed by atoms with van der Waals surface area (Å²) < 4.78 is 36.4. The second-order valence-electron chi connectivity index (χ2n) is 9.94. The number of anilines is 1. The van der Waals surface area contributed by atoms with Gasteiger partial charge in [0.2, 0.25) is 0 Å². The Morgan fingerprint density at radius 3 is 2.57 bits per heavy atom. The van der Waals surface area contributed by atoms with Gasteiger partial charge < -0.3 is 19.4 Å². The van der Waals surface area contributed by atoms with Gasteiger partial charge in [0, 0.05) is 48.6 Å². The third-order valence-electron chi connectivity index (χ3n) is 6.92. The van der Waals surface area contributed by atoms with Crippen LogP contribution in [0.4, 0.5) is 14.5 Å². The molecule has 0 bridgehead atoms. The molecule has 0 spiro atoms. The van der Waals surface area contributed by atoms with Gasteiger partial charge in [-0.15, -0.1) is 0 Å². The second-order valence-corrected chi connectivity index (χ2v) is 9.94. The van der Waals surface area contributed by atoms with Crippen LogP contribution in [0, 0.1) is 18.6 Å². The fourth-order valence-electron chi connectivity index (χ4n) is 5.23. The molecule has 1 aromatic carbocycles. The molecule has 1 aliphatic heterocycles. The molecule has 0 atom stereocenters. The Hall–Kier alpha value is -3.96. The number of imidazole rings is 1. The zero-order chi connectivity index (χ0) is 26.1. The minimum absolute atomic E-state index is 0.00664. The molecule has 4 aromatic rings. The summed E-state index contributed by atoms with van der Waals surface area (Å²) in [5.41, 5.74) is 0.138. The molecule has 0 radical (unpaired) electrons. The lowest BCUT2D eigenvalue weighted by molar-refractivity contribution is -0.180. The lowest BCUT2D eigenvalue weighted by Crippen LogP contribution is -2.53. The van der Waals surface area contributed by atoms with E-state index in [0.717, 1.165) is 0 Å². The number of pyridine rings is 1. The minimum Gasteiger partial charge on any atom is -0.478 e. The van der Waals surface area contributed by atoms with Crippen LogP contribution >= 0.6 is 0 Å². The van der Waals surface area contributed by atoms with Gasteiger partial charge in [-0.25, -0.2) is 23.7 Å². The van der Waals surface area contributed by atoms with Crippen LogP contribution in [0.25, 0.3) is 16.8 Å². The highest BCUT2D eigenvalue weighted by atomic mass is 19.1. The largest absolute Gasteiger partial charge is 0.478 e. The second kappa shape index (κ2) is 8.02. The number of hydrogen-bond acceptors (Lipinski definition) is 7. The molecular weight excluding hydrogens is 484 g/mol. The van der Waals surface area contributed by atoms with Crippen molar-refractivity contribution < 1.29 is 28.5 Å². The number of amides is 1. The van der Waals surface area contributed by atoms with E-state index in [0.29, 0.717) is 28.3 Å². The van der Waals surface area contributed by atoms with Crippen LogP contribution in [-0.4, -0.2) is 47.7 Å². The summed E-state index contributed by atoms with van der Waals surface area (Å²) in [4.78, 5) is 27.0. The van der Waals surface area contributed by atoms with E-state index in [9.17, 15) is 19.4 Å². The van der Waals surface area contributed by atoms with E-state index in [4.69, 9.17) is 4.74 Å². The monoisotopic (exact) mass is 507 g/mol. The number of ether oxygens (including phenoxy) is 1. The maximum atomic E-state index is 15.1. The molecule has 6 rings (SSSR count). The normalized spacial score (nSPS) is 23.1. The van der Waals surface area contributed by atoms with Crippen LogP contribution < -0.4 is 9.64 Å². The maximum Gasteiger partial charge on any atom is 0.265 e. The predicted octanol–water partition coefficient (Wildman–Crippen LogP) is 3.04. The van der Waals surface area contributed by atoms with Crippen molar-refractivity contribution in [3.63, 3.8) is 0 Å². The molecule has 0 saturated heterocycles. The molecule has 4 heterocycles. The number of aromatic nitrogens is 4. The van der Waals surface area contributed by atoms with Crippen LogP contribution in [-0.2, 0) is 16.9 Å². The van der Waals surface area contributed by atoms with Crippen molar-refractivity contribution in [1.82, 2.24) is 19.4 Å². The van der Waals surface area contributed by atoms with Crippen LogP contribution in [0.15, 0.2) is 42.9 Å². The van der Waals surface area contributed by atoms with Gasteiger partial charge in [0.15, 0.2) is 24.0 Å². The van der Waals surface area contributed by atoms with Gasteiger partial charge in [-0.1, -0.05) is 6.07 Å². The first kappa shape index (κ1) is 23.4. The number of carbonyl (C=O) groups is 1. The topological polar surface area (TPSA) is 113 Å². The van der Waals surface area contributed by atoms with Gasteiger partial charge >= 0.3 is 0 Å². The number of para-hydroxylation sites is 1. The standard InChI is InChI=1S/C26H23F2N5O4/c1-14-20(10-33-19-5-3-4-17(27)23(19)37-11-22(33)34)32-9-16(18(28)6-21(32)31-14)15-7-29-24(30-8-15)26(36)12-25(2,35)13-26/h3-9,35-36H,10-13H2,1-2H3/t25-,26+. The molecular formula is C26H23F2N5O4. The number of fused-ring (bicyclic) bond motifs is 2. The Morgan fingerprint density at radius 1 is 1.14 bits per heavy atom. The van der Waals surface area contributed by atoms with Crippen molar-refractivity contribution in [3.8, 4) is 16.9 Å². The number of nitrogens with zero attached hydrogens (tertiary/aromatic N) is 5. The smallest absolute Gasteiger partial charge is 0.265 e. The lowest BCUT2D eigenvalue weighted by atomic mass is 9.68. The molecule has 37 heavy (non-hydrogen) atoms. The summed E-state index contributed by atoms with van der Waals surface area (Å²) in [5, 5.41) is 20.6. The molecule has 1 saturated carbocycles. The third kappa shape index (κ3) is 3.82. The van der Waals surface area contributed by atoms with Gasteiger partial charge in [-0.2, -0.15) is 0 Å². The zero-order valence-corrected chi connectivity index (χ0v) is 20.1. The Balaban J connectivity index is 1.37. The number of hydrogen-bond donors (Lipinski definition) is 2. The van der Waals surface area contributed by atoms with Gasteiger partial charge in [0.1, 0.15) is 17.1 Å². The number of benzene rings is 1. The Labute approximate surface area is 210 Å². The average Bonchev–Trinajstić information content (AvgIpc) is 3.13. The van der Waals surface area contributed by atoms with Crippen molar-refractivity contribution in [1.29, 1.82) is 0 Å². The first-order valence-corrected chi connectivity index (χ1v) is 11.7. The van der Waals surface area contributed by atoms with Crippen molar-refractivity contribution >= 4 is 17.2 Å². The predicted molar refractivity (Wildman–Crippen MR) is 128 cm³/mol. The van der Waals surface area contributed by atoms with Crippen LogP contribution in [0.3, 0.4) is 0 Å². The molecule has 1 fully saturated rings. The van der Waals surface area contributed by atoms with Gasteiger partial charge in [0.25, 0.3) is 5.91 Å². The summed E-state index contributed by atoms with van der Waals surface area (Å²) in [5.74, 6) is -1.27. The number of aliphatic hydroxyl groups is 2. The third-order valence-corrected chi connectivity index (χ3v) is 6.92. The number of aryl methyl sites for hydroxylation is 1. The van der Waals surface area contributed by atoms with E-state index in [1.54, 1.807) is 30.5 Å². The first-order chi connectivity index (χ1) is 17.5. The van der Waals surface area contributed by atoms with Crippen molar-refractivity contribution in [2.45, 2.75) is 44.4 Å². The first-order valence-electron chi connectivity index (χ1n) is 11.7. The molecule has 1 aliphatic carbocycles. The highest BCUT2D eigenvalue weighted by Crippen LogP contribution is 2.46. The number of carbonyl (C=O) groups excluding carboxylic acids is 1. The minimum atomic E-state index is -1.32. The van der Waals surface area contributed by atoms with Crippen molar-refractivity contribution in [2.75, 3.05) is 11.5 Å². The summed E-state index contributed by atoms with van der Waals surface area (Å²) >= 11 is 0. The van der Waals surface area contributed by atoms with Gasteiger partial charge in [-0.05, 0) is 26.0 Å². The maximum absolute atomic E-state index is 15.1. The van der Waals surface area contributed by atoms with E-state index in [-0.39, 0.29) is 49.0 Å². The molecule has 9 nitrogen and oxygen atoms in total. The SMILES string of the molecule is Cc1nc2cc(F)c(-c3cnc([C@]4(O)C[C@@](C)(O)C4)nc3)cn2c1CN1C(=O)COc2c(F)cccc21. The summed E-state index contributed by atoms with van der Waals surface area (Å²) in [6.45, 7) is 3.16. The summed E-state index contributed by atoms with van der Waals surface area (Å²) in [7, 11) is 0. The molecule has 0 unspecified atom stereocenters. The quantitative estimate of drug-likeness (QED) is 0.437. The van der Waals surface area contributed by atoms with E-state index in [2.05, 4.69) is 15.0 Å².